The minimum Gasteiger partial charge on any atom is -0.389 e. The molecule has 4 aliphatic carbocycles. The van der Waals surface area contributed by atoms with Crippen molar-refractivity contribution < 1.29 is 15.0 Å². The van der Waals surface area contributed by atoms with Crippen LogP contribution in [0.3, 0.4) is 0 Å². The molecule has 0 saturated heterocycles. The van der Waals surface area contributed by atoms with E-state index in [2.05, 4.69) is 13.0 Å². The zero-order valence-electron chi connectivity index (χ0n) is 14.2. The second-order valence-electron chi connectivity index (χ2n) is 8.36. The van der Waals surface area contributed by atoms with Gasteiger partial charge in [-0.15, -0.1) is 0 Å². The van der Waals surface area contributed by atoms with Crippen molar-refractivity contribution >= 4 is 5.78 Å². The number of carbonyl (C=O) groups excluding carboxylic acids is 1. The van der Waals surface area contributed by atoms with Crippen LogP contribution in [0.15, 0.2) is 22.8 Å². The number of nitrogens with zero attached hydrogens (tertiary/aromatic N) is 1. The molecule has 2 fully saturated rings. The van der Waals surface area contributed by atoms with Crippen LogP contribution in [-0.2, 0) is 4.79 Å². The Hall–Kier alpha value is -1.44. The van der Waals surface area contributed by atoms with E-state index in [9.17, 15) is 15.0 Å². The number of hydrogen-bond donors (Lipinski definition) is 2. The monoisotopic (exact) mass is 327 g/mol. The van der Waals surface area contributed by atoms with Crippen LogP contribution in [0.4, 0.5) is 0 Å². The summed E-state index contributed by atoms with van der Waals surface area (Å²) in [6, 6.07) is 2.16. The molecule has 0 aromatic rings. The summed E-state index contributed by atoms with van der Waals surface area (Å²) < 4.78 is 0. The maximum Gasteiger partial charge on any atom is 0.156 e. The molecule has 128 valence electrons. The second kappa shape index (κ2) is 5.28. The minimum atomic E-state index is -0.984. The smallest absolute Gasteiger partial charge is 0.156 e. The first-order valence-corrected chi connectivity index (χ1v) is 9.14. The molecular weight excluding hydrogens is 302 g/mol. The number of hydrogen-bond acceptors (Lipinski definition) is 4. The summed E-state index contributed by atoms with van der Waals surface area (Å²) in [6.07, 6.45) is 6.58. The molecule has 0 radical (unpaired) electrons. The predicted molar refractivity (Wildman–Crippen MR) is 88.7 cm³/mol. The maximum absolute atomic E-state index is 11.7. The molecule has 5 atom stereocenters. The maximum atomic E-state index is 11.7. The van der Waals surface area contributed by atoms with Gasteiger partial charge in [-0.2, -0.15) is 5.26 Å². The Kier molecular flexibility index (Phi) is 3.53. The van der Waals surface area contributed by atoms with Gasteiger partial charge >= 0.3 is 0 Å². The molecule has 0 spiro atoms. The number of carbonyl (C=O) groups is 1. The average Bonchev–Trinajstić information content (AvgIpc) is 2.78. The number of aliphatic hydroxyl groups is 2. The first-order chi connectivity index (χ1) is 11.4. The summed E-state index contributed by atoms with van der Waals surface area (Å²) in [5.74, 6) is 0.806. The topological polar surface area (TPSA) is 81.3 Å². The largest absolute Gasteiger partial charge is 0.389 e. The fourth-order valence-electron chi connectivity index (χ4n) is 6.13. The lowest BCUT2D eigenvalue weighted by molar-refractivity contribution is -0.115. The third-order valence-electron chi connectivity index (χ3n) is 7.40. The van der Waals surface area contributed by atoms with E-state index < -0.39 is 17.1 Å². The van der Waals surface area contributed by atoms with E-state index in [1.165, 1.54) is 5.57 Å². The summed E-state index contributed by atoms with van der Waals surface area (Å²) in [6.45, 7) is 2.07. The summed E-state index contributed by atoms with van der Waals surface area (Å²) in [4.78, 5) is 11.7. The van der Waals surface area contributed by atoms with Crippen LogP contribution in [0, 0.1) is 28.6 Å². The van der Waals surface area contributed by atoms with Gasteiger partial charge in [-0.1, -0.05) is 6.92 Å². The highest BCUT2D eigenvalue weighted by molar-refractivity contribution is 5.93. The highest BCUT2D eigenvalue weighted by atomic mass is 16.3. The molecule has 4 rings (SSSR count). The first kappa shape index (κ1) is 16.1. The van der Waals surface area contributed by atoms with Gasteiger partial charge < -0.3 is 10.2 Å². The molecule has 0 amide bonds. The van der Waals surface area contributed by atoms with E-state index in [0.29, 0.717) is 25.2 Å². The van der Waals surface area contributed by atoms with Crippen molar-refractivity contribution in [1.29, 1.82) is 5.26 Å². The summed E-state index contributed by atoms with van der Waals surface area (Å²) >= 11 is 0. The molecule has 4 aliphatic rings. The molecule has 0 bridgehead atoms. The van der Waals surface area contributed by atoms with Crippen LogP contribution in [-0.4, -0.2) is 27.7 Å². The molecule has 0 aliphatic heterocycles. The van der Waals surface area contributed by atoms with Crippen LogP contribution in [0.5, 0.6) is 0 Å². The Morgan fingerprint density at radius 1 is 1.33 bits per heavy atom. The third-order valence-corrected chi connectivity index (χ3v) is 7.40. The van der Waals surface area contributed by atoms with Gasteiger partial charge in [0.05, 0.1) is 24.2 Å². The van der Waals surface area contributed by atoms with Crippen molar-refractivity contribution in [3.05, 3.63) is 22.8 Å². The molecule has 0 aromatic carbocycles. The van der Waals surface area contributed by atoms with Crippen LogP contribution < -0.4 is 0 Å². The molecule has 4 heteroatoms. The van der Waals surface area contributed by atoms with Gasteiger partial charge in [-0.3, -0.25) is 4.79 Å². The van der Waals surface area contributed by atoms with Crippen LogP contribution >= 0.6 is 0 Å². The standard InChI is InChI=1S/C20H25NO3/c1-19-11-17(23)18-14-5-3-13(22)10-12(14)2-4-15(18)16(19)6-7-20(19,24)8-9-21/h10,15-17,23-24H,2-8,11H2,1H3/t15-,16+,17-,19-,20?/m0/s1. The van der Waals surface area contributed by atoms with Crippen molar-refractivity contribution in [2.45, 2.75) is 70.0 Å². The quantitative estimate of drug-likeness (QED) is 0.776. The van der Waals surface area contributed by atoms with Crippen molar-refractivity contribution in [1.82, 2.24) is 0 Å². The number of aliphatic hydroxyl groups excluding tert-OH is 1. The number of rotatable bonds is 1. The predicted octanol–water partition coefficient (Wildman–Crippen LogP) is 2.81. The Balaban J connectivity index is 1.77. The Morgan fingerprint density at radius 3 is 2.88 bits per heavy atom. The number of allylic oxidation sites excluding steroid dienone is 3. The van der Waals surface area contributed by atoms with Crippen molar-refractivity contribution in [2.75, 3.05) is 0 Å². The molecular formula is C20H25NO3. The average molecular weight is 327 g/mol. The molecule has 0 heterocycles. The lowest BCUT2D eigenvalue weighted by Gasteiger charge is -2.53. The fourth-order valence-corrected chi connectivity index (χ4v) is 6.13. The van der Waals surface area contributed by atoms with Crippen molar-refractivity contribution in [2.24, 2.45) is 17.3 Å². The summed E-state index contributed by atoms with van der Waals surface area (Å²) in [7, 11) is 0. The lowest BCUT2D eigenvalue weighted by Crippen LogP contribution is -2.53. The minimum absolute atomic E-state index is 0.144. The molecule has 1 unspecified atom stereocenters. The van der Waals surface area contributed by atoms with E-state index >= 15 is 0 Å². The molecule has 2 saturated carbocycles. The highest BCUT2D eigenvalue weighted by Gasteiger charge is 2.62. The first-order valence-electron chi connectivity index (χ1n) is 9.14. The van der Waals surface area contributed by atoms with Crippen LogP contribution in [0.2, 0.25) is 0 Å². The Labute approximate surface area is 142 Å². The van der Waals surface area contributed by atoms with Gasteiger partial charge in [0, 0.05) is 11.8 Å². The number of ketones is 1. The van der Waals surface area contributed by atoms with Gasteiger partial charge in [0.2, 0.25) is 0 Å². The molecule has 4 nitrogen and oxygen atoms in total. The lowest BCUT2D eigenvalue weighted by atomic mass is 9.54. The van der Waals surface area contributed by atoms with E-state index in [1.54, 1.807) is 6.08 Å². The molecule has 2 N–H and O–H groups in total. The second-order valence-corrected chi connectivity index (χ2v) is 8.36. The van der Waals surface area contributed by atoms with E-state index in [1.807, 2.05) is 0 Å². The van der Waals surface area contributed by atoms with Gasteiger partial charge in [0.25, 0.3) is 0 Å². The van der Waals surface area contributed by atoms with E-state index in [0.717, 1.165) is 36.8 Å². The van der Waals surface area contributed by atoms with Gasteiger partial charge in [0.15, 0.2) is 5.78 Å². The molecule has 0 aromatic heterocycles. The van der Waals surface area contributed by atoms with Crippen LogP contribution in [0.1, 0.15) is 58.3 Å². The number of fused-ring (bicyclic) bond motifs is 4. The van der Waals surface area contributed by atoms with E-state index in [4.69, 9.17) is 5.26 Å². The van der Waals surface area contributed by atoms with Crippen molar-refractivity contribution in [3.8, 4) is 6.07 Å². The summed E-state index contributed by atoms with van der Waals surface area (Å²) in [5, 5.41) is 31.2. The number of nitriles is 1. The SMILES string of the molecule is C[C@]12C[C@H](O)C3=C4CCC(=O)C=C4CC[C@H]3[C@H]1CCC2(O)CC#N. The normalized spacial score (nSPS) is 44.3. The van der Waals surface area contributed by atoms with Crippen LogP contribution in [0.25, 0.3) is 0 Å². The Morgan fingerprint density at radius 2 is 2.12 bits per heavy atom. The van der Waals surface area contributed by atoms with E-state index in [-0.39, 0.29) is 18.1 Å². The zero-order chi connectivity index (χ0) is 17.1. The van der Waals surface area contributed by atoms with Gasteiger partial charge in [-0.25, -0.2) is 0 Å². The zero-order valence-corrected chi connectivity index (χ0v) is 14.2. The highest BCUT2D eigenvalue weighted by Crippen LogP contribution is 2.64. The third kappa shape index (κ3) is 2.01. The Bertz CT molecular complexity index is 700. The molecule has 24 heavy (non-hydrogen) atoms. The van der Waals surface area contributed by atoms with Crippen molar-refractivity contribution in [3.63, 3.8) is 0 Å². The van der Waals surface area contributed by atoms with Gasteiger partial charge in [0.1, 0.15) is 0 Å². The van der Waals surface area contributed by atoms with Gasteiger partial charge in [-0.05, 0) is 73.2 Å². The summed E-state index contributed by atoms with van der Waals surface area (Å²) in [5.41, 5.74) is 2.11. The fraction of sp³-hybridized carbons (Fsp3) is 0.700.